The minimum absolute atomic E-state index is 0.0165. The monoisotopic (exact) mass is 925 g/mol. The van der Waals surface area contributed by atoms with E-state index in [4.69, 9.17) is 18.5 Å². The van der Waals surface area contributed by atoms with Gasteiger partial charge in [-0.2, -0.15) is 0 Å². The maximum atomic E-state index is 12.7. The molecule has 0 aliphatic carbocycles. The highest BCUT2D eigenvalue weighted by Crippen LogP contribution is 2.43. The van der Waals surface area contributed by atoms with Crippen molar-refractivity contribution in [2.45, 2.75) is 168 Å². The first-order valence-electron chi connectivity index (χ1n) is 24.8. The highest BCUT2D eigenvalue weighted by molar-refractivity contribution is 7.47. The van der Waals surface area contributed by atoms with Gasteiger partial charge in [0.2, 0.25) is 0 Å². The van der Waals surface area contributed by atoms with E-state index in [0.717, 1.165) is 116 Å². The van der Waals surface area contributed by atoms with Gasteiger partial charge >= 0.3 is 19.8 Å². The van der Waals surface area contributed by atoms with E-state index in [1.165, 1.54) is 6.42 Å². The minimum atomic E-state index is -4.40. The number of ether oxygens (including phenoxy) is 2. The molecule has 2 unspecified atom stereocenters. The number of rotatable bonds is 43. The largest absolute Gasteiger partial charge is 0.472 e. The molecule has 10 heteroatoms. The molecule has 0 fully saturated rings. The summed E-state index contributed by atoms with van der Waals surface area (Å²) in [4.78, 5) is 35.4. The van der Waals surface area contributed by atoms with Crippen LogP contribution in [0.1, 0.15) is 162 Å². The van der Waals surface area contributed by atoms with Crippen LogP contribution in [0, 0.1) is 0 Å². The van der Waals surface area contributed by atoms with Crippen molar-refractivity contribution in [3.05, 3.63) is 122 Å². The Morgan fingerprint density at radius 1 is 0.492 bits per heavy atom. The van der Waals surface area contributed by atoms with Gasteiger partial charge < -0.3 is 18.9 Å². The number of quaternary nitrogens is 1. The van der Waals surface area contributed by atoms with Crippen molar-refractivity contribution in [2.75, 3.05) is 47.5 Å². The summed E-state index contributed by atoms with van der Waals surface area (Å²) >= 11 is 0. The van der Waals surface area contributed by atoms with Gasteiger partial charge in [-0.1, -0.05) is 167 Å². The minimum Gasteiger partial charge on any atom is -0.462 e. The van der Waals surface area contributed by atoms with E-state index in [1.807, 2.05) is 21.1 Å². The van der Waals surface area contributed by atoms with Crippen molar-refractivity contribution in [3.8, 4) is 0 Å². The van der Waals surface area contributed by atoms with Crippen molar-refractivity contribution in [1.82, 2.24) is 0 Å². The second-order valence-electron chi connectivity index (χ2n) is 17.1. The average molecular weight is 925 g/mol. The number of phosphoric ester groups is 1. The fourth-order valence-electron chi connectivity index (χ4n) is 5.89. The molecule has 0 radical (unpaired) electrons. The van der Waals surface area contributed by atoms with Crippen LogP contribution in [0.15, 0.2) is 122 Å². The second-order valence-corrected chi connectivity index (χ2v) is 18.6. The van der Waals surface area contributed by atoms with Crippen LogP contribution in [-0.4, -0.2) is 74.9 Å². The molecule has 0 aromatic heterocycles. The van der Waals surface area contributed by atoms with E-state index in [1.54, 1.807) is 0 Å². The van der Waals surface area contributed by atoms with E-state index < -0.39 is 32.5 Å². The fraction of sp³-hybridized carbons (Fsp3) is 0.600. The zero-order valence-corrected chi connectivity index (χ0v) is 42.3. The number of carbonyl (C=O) groups excluding carboxylic acids is 2. The molecular formula is C55H91NO8P+. The highest BCUT2D eigenvalue weighted by Gasteiger charge is 2.27. The Hall–Kier alpha value is -3.59. The van der Waals surface area contributed by atoms with Crippen LogP contribution in [0.2, 0.25) is 0 Å². The van der Waals surface area contributed by atoms with Gasteiger partial charge in [-0.3, -0.25) is 18.6 Å². The number of hydrogen-bond acceptors (Lipinski definition) is 7. The predicted octanol–water partition coefficient (Wildman–Crippen LogP) is 14.9. The van der Waals surface area contributed by atoms with Crippen LogP contribution in [0.5, 0.6) is 0 Å². The lowest BCUT2D eigenvalue weighted by molar-refractivity contribution is -0.870. The number of carbonyl (C=O) groups is 2. The molecule has 1 N–H and O–H groups in total. The molecule has 0 aliphatic rings. The highest BCUT2D eigenvalue weighted by atomic mass is 31.2. The molecule has 0 aromatic rings. The average Bonchev–Trinajstić information content (AvgIpc) is 3.26. The van der Waals surface area contributed by atoms with E-state index in [2.05, 4.69) is 135 Å². The Kier molecular flexibility index (Phi) is 43.0. The summed E-state index contributed by atoms with van der Waals surface area (Å²) in [5.74, 6) is -0.863. The molecule has 0 saturated carbocycles. The Morgan fingerprint density at radius 2 is 0.877 bits per heavy atom. The molecule has 2 atom stereocenters. The lowest BCUT2D eigenvalue weighted by atomic mass is 10.1. The van der Waals surface area contributed by atoms with Crippen molar-refractivity contribution < 1.29 is 42.1 Å². The molecule has 0 saturated heterocycles. The predicted molar refractivity (Wildman–Crippen MR) is 274 cm³/mol. The smallest absolute Gasteiger partial charge is 0.462 e. The summed E-state index contributed by atoms with van der Waals surface area (Å²) in [7, 11) is 1.43. The van der Waals surface area contributed by atoms with Crippen molar-refractivity contribution in [2.24, 2.45) is 0 Å². The number of phosphoric acid groups is 1. The van der Waals surface area contributed by atoms with Crippen molar-refractivity contribution >= 4 is 19.8 Å². The van der Waals surface area contributed by atoms with Gasteiger partial charge in [-0.05, 0) is 103 Å². The lowest BCUT2D eigenvalue weighted by Crippen LogP contribution is -2.37. The molecule has 0 heterocycles. The zero-order chi connectivity index (χ0) is 47.8. The lowest BCUT2D eigenvalue weighted by Gasteiger charge is -2.24. The Bertz CT molecular complexity index is 1510. The van der Waals surface area contributed by atoms with Gasteiger partial charge in [-0.25, -0.2) is 4.57 Å². The van der Waals surface area contributed by atoms with Gasteiger partial charge in [0, 0.05) is 12.8 Å². The first-order chi connectivity index (χ1) is 31.5. The summed E-state index contributed by atoms with van der Waals surface area (Å²) < 4.78 is 34.3. The number of unbranched alkanes of at least 4 members (excludes halogenated alkanes) is 9. The van der Waals surface area contributed by atoms with Gasteiger partial charge in [0.25, 0.3) is 0 Å². The van der Waals surface area contributed by atoms with Crippen LogP contribution in [0.3, 0.4) is 0 Å². The third-order valence-electron chi connectivity index (χ3n) is 9.71. The molecule has 65 heavy (non-hydrogen) atoms. The van der Waals surface area contributed by atoms with Gasteiger partial charge in [0.15, 0.2) is 6.10 Å². The number of nitrogens with zero attached hydrogens (tertiary/aromatic N) is 1. The molecule has 9 nitrogen and oxygen atoms in total. The standard InChI is InChI=1S/C55H90NO8P/c1-6-8-10-12-14-16-18-19-20-21-22-23-24-25-26-27-28-29-30-31-32-33-34-35-36-37-38-40-42-44-46-48-55(58)64-53(52-63-65(59,60)62-50-49-56(3,4)5)51-61-54(57)47-45-43-41-39-17-15-13-11-9-7-2/h8,10-11,13-14,16,19-20,22-23,25-26,28-29,31-32,34-35,37-38,53H,6-7,9,12,15,17-18,21,24,27,30,33,36,39-52H2,1-5H3/p+1/b10-8-,13-11-,16-14-,20-19-,23-22-,26-25-,29-28-,32-31-,35-34-,38-37-. The molecular weight excluding hydrogens is 834 g/mol. The van der Waals surface area contributed by atoms with E-state index in [9.17, 15) is 19.0 Å². The molecule has 0 bridgehead atoms. The van der Waals surface area contributed by atoms with Gasteiger partial charge in [0.1, 0.15) is 19.8 Å². The number of allylic oxidation sites excluding steroid dienone is 20. The topological polar surface area (TPSA) is 108 Å². The normalized spacial score (nSPS) is 14.5. The van der Waals surface area contributed by atoms with Crippen LogP contribution < -0.4 is 0 Å². The molecule has 0 rings (SSSR count). The van der Waals surface area contributed by atoms with E-state index in [-0.39, 0.29) is 26.1 Å². The molecule has 368 valence electrons. The first-order valence-corrected chi connectivity index (χ1v) is 26.3. The molecule has 0 aromatic carbocycles. The maximum Gasteiger partial charge on any atom is 0.472 e. The summed E-state index contributed by atoms with van der Waals surface area (Å²) in [6.45, 7) is 4.16. The Balaban J connectivity index is 4.30. The number of likely N-dealkylation sites (N-methyl/N-ethyl adjacent to an activating group) is 1. The van der Waals surface area contributed by atoms with Crippen LogP contribution in [0.25, 0.3) is 0 Å². The molecule has 0 spiro atoms. The van der Waals surface area contributed by atoms with Crippen LogP contribution in [-0.2, 0) is 32.7 Å². The molecule has 0 aliphatic heterocycles. The van der Waals surface area contributed by atoms with Crippen LogP contribution >= 0.6 is 7.82 Å². The summed E-state index contributed by atoms with van der Waals surface area (Å²) in [6.07, 6.45) is 64.1. The second kappa shape index (κ2) is 45.6. The van der Waals surface area contributed by atoms with Crippen LogP contribution in [0.4, 0.5) is 0 Å². The number of esters is 2. The van der Waals surface area contributed by atoms with Crippen molar-refractivity contribution in [1.29, 1.82) is 0 Å². The third kappa shape index (κ3) is 49.7. The Labute approximate surface area is 397 Å². The number of hydrogen-bond donors (Lipinski definition) is 1. The fourth-order valence-corrected chi connectivity index (χ4v) is 6.63. The summed E-state index contributed by atoms with van der Waals surface area (Å²) in [6, 6.07) is 0. The van der Waals surface area contributed by atoms with Gasteiger partial charge in [0.05, 0.1) is 27.7 Å². The summed E-state index contributed by atoms with van der Waals surface area (Å²) in [5.41, 5.74) is 0. The Morgan fingerprint density at radius 3 is 1.34 bits per heavy atom. The SMILES string of the molecule is CC/C=C\C/C=C\C/C=C\C/C=C\C/C=C\C/C=C\C/C=C\C/C=C\C/C=C\CCCCCC(=O)OC(COC(=O)CCCCCCC/C=C\CCC)COP(=O)(O)OCC[N+](C)(C)C. The van der Waals surface area contributed by atoms with Gasteiger partial charge in [-0.15, -0.1) is 0 Å². The maximum absolute atomic E-state index is 12.7. The van der Waals surface area contributed by atoms with Crippen molar-refractivity contribution in [3.63, 3.8) is 0 Å². The van der Waals surface area contributed by atoms with E-state index in [0.29, 0.717) is 23.9 Å². The quantitative estimate of drug-likeness (QED) is 0.0212. The zero-order valence-electron chi connectivity index (χ0n) is 41.4. The first kappa shape index (κ1) is 61.4. The summed E-state index contributed by atoms with van der Waals surface area (Å²) in [5, 5.41) is 0. The molecule has 0 amide bonds. The van der Waals surface area contributed by atoms with E-state index >= 15 is 0 Å². The third-order valence-corrected chi connectivity index (χ3v) is 10.7.